The predicted octanol–water partition coefficient (Wildman–Crippen LogP) is 3.66. The molecule has 1 unspecified atom stereocenters. The van der Waals surface area contributed by atoms with Crippen molar-refractivity contribution < 1.29 is 0 Å². The molecule has 0 spiro atoms. The molecule has 0 saturated carbocycles. The van der Waals surface area contributed by atoms with Crippen LogP contribution in [0.1, 0.15) is 44.6 Å². The molecule has 4 heteroatoms. The first-order valence-corrected chi connectivity index (χ1v) is 7.70. The van der Waals surface area contributed by atoms with Crippen LogP contribution in [0, 0.1) is 18.3 Å². The fraction of sp³-hybridized carbons (Fsp3) is 0.529. The normalized spacial score (nSPS) is 12.8. The number of aromatic nitrogens is 2. The summed E-state index contributed by atoms with van der Waals surface area (Å²) in [5.74, 6) is 1.06. The lowest BCUT2D eigenvalue weighted by atomic mass is 10.2. The van der Waals surface area contributed by atoms with Gasteiger partial charge in [0.25, 0.3) is 0 Å². The summed E-state index contributed by atoms with van der Waals surface area (Å²) in [6.45, 7) is 11.3. The van der Waals surface area contributed by atoms with Gasteiger partial charge in [0.1, 0.15) is 5.82 Å². The molecule has 2 aromatic rings. The van der Waals surface area contributed by atoms with Crippen LogP contribution in [0.25, 0.3) is 11.0 Å². The predicted molar refractivity (Wildman–Crippen MR) is 86.0 cm³/mol. The Morgan fingerprint density at radius 3 is 2.67 bits per heavy atom. The van der Waals surface area contributed by atoms with Gasteiger partial charge in [-0.15, -0.1) is 0 Å². The number of hydrogen-bond donors (Lipinski definition) is 0. The molecule has 0 saturated heterocycles. The molecule has 0 aliphatic rings. The van der Waals surface area contributed by atoms with Crippen molar-refractivity contribution in [1.29, 1.82) is 5.26 Å². The first-order chi connectivity index (χ1) is 10.1. The van der Waals surface area contributed by atoms with Gasteiger partial charge in [-0.3, -0.25) is 4.90 Å². The summed E-state index contributed by atoms with van der Waals surface area (Å²) in [5.41, 5.74) is 3.38. The van der Waals surface area contributed by atoms with Crippen LogP contribution >= 0.6 is 0 Å². The van der Waals surface area contributed by atoms with Gasteiger partial charge in [-0.05, 0) is 44.6 Å². The molecule has 21 heavy (non-hydrogen) atoms. The molecule has 2 rings (SSSR count). The Morgan fingerprint density at radius 1 is 1.33 bits per heavy atom. The zero-order valence-corrected chi connectivity index (χ0v) is 13.4. The number of imidazole rings is 1. The molecule has 1 aromatic carbocycles. The molecular formula is C17H24N4. The van der Waals surface area contributed by atoms with Gasteiger partial charge in [-0.25, -0.2) is 4.98 Å². The second-order valence-electron chi connectivity index (χ2n) is 5.42. The van der Waals surface area contributed by atoms with E-state index in [1.807, 2.05) is 0 Å². The van der Waals surface area contributed by atoms with E-state index >= 15 is 0 Å². The Hall–Kier alpha value is -1.86. The number of aryl methyl sites for hydroxylation is 2. The Balaban J connectivity index is 2.52. The summed E-state index contributed by atoms with van der Waals surface area (Å²) < 4.78 is 2.21. The van der Waals surface area contributed by atoms with Crippen LogP contribution in [0.3, 0.4) is 0 Å². The maximum Gasteiger partial charge on any atom is 0.127 e. The summed E-state index contributed by atoms with van der Waals surface area (Å²) in [7, 11) is 0. The van der Waals surface area contributed by atoms with Crippen molar-refractivity contribution in [2.24, 2.45) is 0 Å². The van der Waals surface area contributed by atoms with Crippen molar-refractivity contribution in [1.82, 2.24) is 14.5 Å². The Kier molecular flexibility index (Phi) is 4.98. The Morgan fingerprint density at radius 2 is 2.05 bits per heavy atom. The Bertz CT molecular complexity index is 647. The zero-order valence-electron chi connectivity index (χ0n) is 13.4. The van der Waals surface area contributed by atoms with Crippen molar-refractivity contribution in [3.63, 3.8) is 0 Å². The number of nitriles is 1. The highest BCUT2D eigenvalue weighted by Gasteiger charge is 2.20. The monoisotopic (exact) mass is 284 g/mol. The minimum absolute atomic E-state index is 0.256. The summed E-state index contributed by atoms with van der Waals surface area (Å²) in [6, 6.07) is 8.85. The fourth-order valence-electron chi connectivity index (χ4n) is 2.91. The van der Waals surface area contributed by atoms with E-state index in [1.54, 1.807) is 0 Å². The SMILES string of the molecule is CCN(CC)C(C)c1nc2cc(C)ccc2n1CCC#N. The van der Waals surface area contributed by atoms with Gasteiger partial charge in [-0.1, -0.05) is 19.9 Å². The van der Waals surface area contributed by atoms with E-state index in [4.69, 9.17) is 10.2 Å². The number of benzene rings is 1. The summed E-state index contributed by atoms with van der Waals surface area (Å²) in [6.07, 6.45) is 0.511. The standard InChI is InChI=1S/C17H24N4/c1-5-20(6-2)14(4)17-19-15-12-13(3)8-9-16(15)21(17)11-7-10-18/h8-9,12,14H,5-7,11H2,1-4H3. The third kappa shape index (κ3) is 3.08. The Labute approximate surface area is 127 Å². The number of hydrogen-bond acceptors (Lipinski definition) is 3. The van der Waals surface area contributed by atoms with Gasteiger partial charge in [0.2, 0.25) is 0 Å². The van der Waals surface area contributed by atoms with E-state index in [1.165, 1.54) is 5.56 Å². The highest BCUT2D eigenvalue weighted by atomic mass is 15.2. The lowest BCUT2D eigenvalue weighted by Crippen LogP contribution is -2.28. The first kappa shape index (κ1) is 15.5. The molecule has 1 heterocycles. The van der Waals surface area contributed by atoms with Gasteiger partial charge >= 0.3 is 0 Å². The molecule has 0 fully saturated rings. The molecule has 0 radical (unpaired) electrons. The van der Waals surface area contributed by atoms with Crippen molar-refractivity contribution in [2.75, 3.05) is 13.1 Å². The maximum atomic E-state index is 8.92. The van der Waals surface area contributed by atoms with Crippen LogP contribution in [0.5, 0.6) is 0 Å². The smallest absolute Gasteiger partial charge is 0.127 e. The molecule has 0 aliphatic carbocycles. The van der Waals surface area contributed by atoms with Crippen LogP contribution in [-0.2, 0) is 6.54 Å². The van der Waals surface area contributed by atoms with Crippen molar-refractivity contribution in [3.8, 4) is 6.07 Å². The highest BCUT2D eigenvalue weighted by molar-refractivity contribution is 5.77. The van der Waals surface area contributed by atoms with Gasteiger partial charge in [0.15, 0.2) is 0 Å². The molecule has 0 bridgehead atoms. The quantitative estimate of drug-likeness (QED) is 0.813. The lowest BCUT2D eigenvalue weighted by Gasteiger charge is -2.26. The van der Waals surface area contributed by atoms with E-state index in [9.17, 15) is 0 Å². The van der Waals surface area contributed by atoms with E-state index < -0.39 is 0 Å². The van der Waals surface area contributed by atoms with Gasteiger partial charge in [0.05, 0.1) is 29.6 Å². The maximum absolute atomic E-state index is 8.92. The molecule has 0 aliphatic heterocycles. The summed E-state index contributed by atoms with van der Waals surface area (Å²) in [4.78, 5) is 7.24. The van der Waals surface area contributed by atoms with Gasteiger partial charge < -0.3 is 4.57 Å². The van der Waals surface area contributed by atoms with Crippen LogP contribution in [0.2, 0.25) is 0 Å². The summed E-state index contributed by atoms with van der Waals surface area (Å²) in [5, 5.41) is 8.92. The first-order valence-electron chi connectivity index (χ1n) is 7.70. The fourth-order valence-corrected chi connectivity index (χ4v) is 2.91. The third-order valence-corrected chi connectivity index (χ3v) is 4.11. The van der Waals surface area contributed by atoms with Crippen molar-refractivity contribution in [3.05, 3.63) is 29.6 Å². The van der Waals surface area contributed by atoms with Gasteiger partial charge in [0, 0.05) is 6.54 Å². The molecular weight excluding hydrogens is 260 g/mol. The second kappa shape index (κ2) is 6.73. The van der Waals surface area contributed by atoms with Gasteiger partial charge in [-0.2, -0.15) is 5.26 Å². The average Bonchev–Trinajstić information content (AvgIpc) is 2.83. The molecule has 0 amide bonds. The van der Waals surface area contributed by atoms with E-state index in [-0.39, 0.29) is 6.04 Å². The van der Waals surface area contributed by atoms with E-state index in [0.29, 0.717) is 13.0 Å². The van der Waals surface area contributed by atoms with E-state index in [2.05, 4.69) is 61.4 Å². The molecule has 1 aromatic heterocycles. The topological polar surface area (TPSA) is 44.9 Å². The largest absolute Gasteiger partial charge is 0.326 e. The van der Waals surface area contributed by atoms with Crippen LogP contribution in [0.15, 0.2) is 18.2 Å². The molecule has 112 valence electrons. The number of fused-ring (bicyclic) bond motifs is 1. The molecule has 1 atom stereocenters. The molecule has 4 nitrogen and oxygen atoms in total. The summed E-state index contributed by atoms with van der Waals surface area (Å²) >= 11 is 0. The number of rotatable bonds is 6. The van der Waals surface area contributed by atoms with Crippen LogP contribution < -0.4 is 0 Å². The van der Waals surface area contributed by atoms with E-state index in [0.717, 1.165) is 29.9 Å². The lowest BCUT2D eigenvalue weighted by molar-refractivity contribution is 0.222. The third-order valence-electron chi connectivity index (χ3n) is 4.11. The van der Waals surface area contributed by atoms with Crippen LogP contribution in [-0.4, -0.2) is 27.5 Å². The number of nitrogens with zero attached hydrogens (tertiary/aromatic N) is 4. The molecule has 0 N–H and O–H groups in total. The van der Waals surface area contributed by atoms with Crippen LogP contribution in [0.4, 0.5) is 0 Å². The average molecular weight is 284 g/mol. The second-order valence-corrected chi connectivity index (χ2v) is 5.42. The van der Waals surface area contributed by atoms with Crippen molar-refractivity contribution >= 4 is 11.0 Å². The van der Waals surface area contributed by atoms with Crippen molar-refractivity contribution in [2.45, 2.75) is 46.7 Å². The zero-order chi connectivity index (χ0) is 15.4. The minimum atomic E-state index is 0.256. The highest BCUT2D eigenvalue weighted by Crippen LogP contribution is 2.25. The minimum Gasteiger partial charge on any atom is -0.326 e.